The van der Waals surface area contributed by atoms with Crippen molar-refractivity contribution in [3.05, 3.63) is 72.9 Å². The van der Waals surface area contributed by atoms with E-state index in [1.54, 1.807) is 45.1 Å². The lowest BCUT2D eigenvalue weighted by molar-refractivity contribution is -0.303. The Hall–Kier alpha value is -3.95. The molecule has 0 aliphatic carbocycles. The van der Waals surface area contributed by atoms with Crippen molar-refractivity contribution in [2.24, 2.45) is 17.6 Å². The van der Waals surface area contributed by atoms with Crippen LogP contribution in [0.15, 0.2) is 72.9 Å². The number of urea groups is 1. The lowest BCUT2D eigenvalue weighted by Gasteiger charge is -2.46. The molecule has 16 N–H and O–H groups in total. The summed E-state index contributed by atoms with van der Waals surface area (Å²) in [4.78, 5) is 37.7. The quantitative estimate of drug-likeness (QED) is 0.0255. The minimum atomic E-state index is -2.32. The summed E-state index contributed by atoms with van der Waals surface area (Å²) in [5.41, 5.74) is 10.3. The first-order valence-corrected chi connectivity index (χ1v) is 25.1. The fourth-order valence-electron chi connectivity index (χ4n) is 8.29. The number of nitrogens with one attached hydrogen (secondary N) is 3. The Balaban J connectivity index is 2.05. The number of hydrogen-bond donors (Lipinski definition) is 15. The summed E-state index contributed by atoms with van der Waals surface area (Å²) in [5.74, 6) is -4.38. The van der Waals surface area contributed by atoms with E-state index in [2.05, 4.69) is 16.2 Å². The van der Waals surface area contributed by atoms with Crippen molar-refractivity contribution in [1.29, 1.82) is 0 Å². The number of ether oxygens (including phenoxy) is 4. The molecule has 0 bridgehead atoms. The molecule has 22 nitrogen and oxygen atoms in total. The first-order chi connectivity index (χ1) is 34.4. The van der Waals surface area contributed by atoms with Crippen molar-refractivity contribution in [2.45, 2.75) is 209 Å². The van der Waals surface area contributed by atoms with E-state index in [0.29, 0.717) is 0 Å². The molecule has 22 heteroatoms. The van der Waals surface area contributed by atoms with Gasteiger partial charge in [-0.15, -0.1) is 0 Å². The van der Waals surface area contributed by atoms with Gasteiger partial charge in [0.15, 0.2) is 12.1 Å². The number of carbonyl (C=O) groups excluding carboxylic acids is 3. The molecule has 0 aromatic heterocycles. The predicted octanol–water partition coefficient (Wildman–Crippen LogP) is -0.0476. The lowest BCUT2D eigenvalue weighted by atomic mass is 9.87. The van der Waals surface area contributed by atoms with Gasteiger partial charge in [-0.25, -0.2) is 10.2 Å². The Kier molecular flexibility index (Phi) is 30.2. The molecule has 0 spiro atoms. The zero-order valence-electron chi connectivity index (χ0n) is 43.0. The highest BCUT2D eigenvalue weighted by molar-refractivity contribution is 5.81. The van der Waals surface area contributed by atoms with Crippen LogP contribution in [0.2, 0.25) is 0 Å². The molecule has 418 valence electrons. The molecule has 2 saturated heterocycles. The Morgan fingerprint density at radius 2 is 1.44 bits per heavy atom. The zero-order valence-corrected chi connectivity index (χ0v) is 43.0. The average Bonchev–Trinajstić information content (AvgIpc) is 3.32. The second kappa shape index (κ2) is 33.9. The maximum atomic E-state index is 13.0. The second-order valence-electron chi connectivity index (χ2n) is 19.1. The van der Waals surface area contributed by atoms with E-state index in [-0.39, 0.29) is 51.0 Å². The number of hydrazine groups is 1. The van der Waals surface area contributed by atoms with Crippen LogP contribution in [0.4, 0.5) is 4.79 Å². The van der Waals surface area contributed by atoms with Crippen molar-refractivity contribution in [3.8, 4) is 0 Å². The summed E-state index contributed by atoms with van der Waals surface area (Å²) in [7, 11) is 0. The molecule has 19 atom stereocenters. The van der Waals surface area contributed by atoms with Crippen LogP contribution in [0.1, 0.15) is 106 Å². The summed E-state index contributed by atoms with van der Waals surface area (Å²) < 4.78 is 23.4. The highest BCUT2D eigenvalue weighted by atomic mass is 16.7. The van der Waals surface area contributed by atoms with E-state index < -0.39 is 153 Å². The van der Waals surface area contributed by atoms with Gasteiger partial charge in [0, 0.05) is 50.5 Å². The summed E-state index contributed by atoms with van der Waals surface area (Å²) in [6.07, 6.45) is 0.811. The monoisotopic (exact) mass is 1040 g/mol. The highest BCUT2D eigenvalue weighted by Gasteiger charge is 2.49. The smallest absolute Gasteiger partial charge is 0.333 e. The van der Waals surface area contributed by atoms with Crippen LogP contribution in [0.5, 0.6) is 0 Å². The van der Waals surface area contributed by atoms with Gasteiger partial charge in [-0.2, -0.15) is 0 Å². The molecule has 2 rings (SSSR count). The van der Waals surface area contributed by atoms with Crippen LogP contribution in [0.3, 0.4) is 0 Å². The third kappa shape index (κ3) is 24.1. The van der Waals surface area contributed by atoms with Gasteiger partial charge in [0.2, 0.25) is 5.91 Å². The van der Waals surface area contributed by atoms with E-state index >= 15 is 0 Å². The third-order valence-electron chi connectivity index (χ3n) is 12.7. The van der Waals surface area contributed by atoms with E-state index in [1.807, 2.05) is 62.5 Å². The van der Waals surface area contributed by atoms with Crippen LogP contribution >= 0.6 is 0 Å². The van der Waals surface area contributed by atoms with Crippen molar-refractivity contribution in [3.63, 3.8) is 0 Å². The number of amides is 3. The van der Waals surface area contributed by atoms with Gasteiger partial charge >= 0.3 is 12.0 Å². The first-order valence-electron chi connectivity index (χ1n) is 25.1. The van der Waals surface area contributed by atoms with E-state index in [4.69, 9.17) is 29.8 Å². The summed E-state index contributed by atoms with van der Waals surface area (Å²) in [5, 5.41) is 121. The van der Waals surface area contributed by atoms with Crippen molar-refractivity contribution < 1.29 is 89.5 Å². The molecule has 2 heterocycles. The molecule has 0 radical (unpaired) electrons. The lowest BCUT2D eigenvalue weighted by Crippen LogP contribution is -2.64. The molecule has 2 aliphatic rings. The second-order valence-corrected chi connectivity index (χ2v) is 19.1. The van der Waals surface area contributed by atoms with E-state index in [0.717, 1.165) is 0 Å². The third-order valence-corrected chi connectivity index (χ3v) is 12.7. The molecule has 0 unspecified atom stereocenters. The first kappa shape index (κ1) is 65.2. The van der Waals surface area contributed by atoms with E-state index in [9.17, 15) is 65.4 Å². The maximum absolute atomic E-state index is 13.0. The number of rotatable bonds is 30. The molecule has 0 aromatic carbocycles. The van der Waals surface area contributed by atoms with Crippen molar-refractivity contribution in [2.75, 3.05) is 6.61 Å². The van der Waals surface area contributed by atoms with Gasteiger partial charge in [-0.1, -0.05) is 86.8 Å². The van der Waals surface area contributed by atoms with Crippen LogP contribution in [-0.4, -0.2) is 184 Å². The Morgan fingerprint density at radius 3 is 2.10 bits per heavy atom. The van der Waals surface area contributed by atoms with Crippen molar-refractivity contribution >= 4 is 17.9 Å². The summed E-state index contributed by atoms with van der Waals surface area (Å²) >= 11 is 0. The van der Waals surface area contributed by atoms with Gasteiger partial charge in [0.25, 0.3) is 0 Å². The van der Waals surface area contributed by atoms with Gasteiger partial charge in [0.05, 0.1) is 85.6 Å². The molecule has 73 heavy (non-hydrogen) atoms. The summed E-state index contributed by atoms with van der Waals surface area (Å²) in [6, 6.07) is -3.44. The average molecular weight is 1040 g/mol. The molecular weight excluding hydrogens is 957 g/mol. The van der Waals surface area contributed by atoms with Gasteiger partial charge in [-0.05, 0) is 53.4 Å². The maximum Gasteiger partial charge on any atom is 0.333 e. The molecule has 3 amide bonds. The molecule has 2 aliphatic heterocycles. The number of nitrogens with two attached hydrogens (primary N) is 1. The number of carbonyl (C=O) groups is 3. The minimum absolute atomic E-state index is 0.102. The number of aliphatic hydroxyl groups is 11. The Bertz CT molecular complexity index is 1800. The van der Waals surface area contributed by atoms with Gasteiger partial charge < -0.3 is 86.2 Å². The summed E-state index contributed by atoms with van der Waals surface area (Å²) in [6.45, 7) is 10.2. The number of esters is 1. The largest absolute Gasteiger partial charge is 0.462 e. The number of aliphatic hydroxyl groups excluding tert-OH is 10. The van der Waals surface area contributed by atoms with Crippen LogP contribution in [0, 0.1) is 11.8 Å². The van der Waals surface area contributed by atoms with Gasteiger partial charge in [0.1, 0.15) is 12.2 Å². The highest BCUT2D eigenvalue weighted by Crippen LogP contribution is 2.35. The zero-order chi connectivity index (χ0) is 54.8. The predicted molar refractivity (Wildman–Crippen MR) is 268 cm³/mol. The molecule has 0 saturated carbocycles. The molecule has 0 aromatic rings. The topological polar surface area (TPSA) is 373 Å². The Morgan fingerprint density at radius 1 is 0.808 bits per heavy atom. The van der Waals surface area contributed by atoms with Gasteiger partial charge in [-0.3, -0.25) is 15.0 Å². The molecule has 2 fully saturated rings. The number of allylic oxidation sites excluding steroid dienone is 10. The van der Waals surface area contributed by atoms with Crippen LogP contribution in [0.25, 0.3) is 0 Å². The fourth-order valence-corrected chi connectivity index (χ4v) is 8.29. The Labute approximate surface area is 428 Å². The minimum Gasteiger partial charge on any atom is -0.462 e. The van der Waals surface area contributed by atoms with Crippen molar-refractivity contribution in [1.82, 2.24) is 16.2 Å². The SMILES string of the molecule is C/C=C/C=C/C=C/C=C/[C@H](C)[C@@H](O)[C@@H](C)[C@H](C)OC(=O)C[C@H](O)C[C@H](O)CC[C@@H](O)[C@H](O)C[C@H](O)C[C@]1(O)C[C@H](O)[C@@H](NC(=O)NNC(=O)CCCO)[C@H](C[C@H](/C=C/C=C/C)O[C@@H]2O[C@H](C)[C@@H](O)[C@H](N)[C@@H]2O)O1. The fraction of sp³-hybridized carbons (Fsp3) is 0.706. The normalized spacial score (nSPS) is 29.3. The number of hydrogen-bond acceptors (Lipinski definition) is 19. The molecular formula is C51H86N4O18. The van der Waals surface area contributed by atoms with Crippen LogP contribution in [-0.2, 0) is 28.5 Å². The standard InChI is InChI=1S/C51H86N4O18/c1-7-9-11-12-13-14-16-18-30(3)46(65)31(4)32(5)70-43(64)26-35(58)24-34(57)21-22-38(60)39(61)25-36(59)28-51(69)29-40(62)45(53-50(68)55-54-42(63)20-17-23-56)41(73-51)27-37(19-15-10-8-2)72-49-48(67)44(52)47(66)33(6)71-49/h7-16,18-19,30-41,44-49,56-62,65-67,69H,17,20-29,52H2,1-6H3,(H,54,63)(H2,53,55,68)/b9-7+,10-8+,12-11+,14-13+,18-16+,19-15+/t30-,31-,32-,33+,34+,35+,36-,37-,38+,39+,40-,41-,44-,45+,46+,47+,48-,49-,51+/m0/s1. The van der Waals surface area contributed by atoms with Crippen LogP contribution < -0.4 is 21.9 Å². The van der Waals surface area contributed by atoms with E-state index in [1.165, 1.54) is 6.92 Å².